The summed E-state index contributed by atoms with van der Waals surface area (Å²) < 4.78 is 0. The van der Waals surface area contributed by atoms with E-state index >= 15 is 0 Å². The molecular formula is C16H15ClN4. The molecule has 0 atom stereocenters. The second-order valence-corrected chi connectivity index (χ2v) is 5.11. The van der Waals surface area contributed by atoms with Crippen LogP contribution in [0, 0.1) is 25.2 Å². The molecule has 1 aromatic carbocycles. The molecule has 0 bridgehead atoms. The first kappa shape index (κ1) is 15.0. The first-order valence-electron chi connectivity index (χ1n) is 6.43. The Kier molecular flexibility index (Phi) is 4.56. The third kappa shape index (κ3) is 3.59. The second kappa shape index (κ2) is 6.38. The number of hydrogen-bond donors (Lipinski definition) is 0. The molecule has 0 fully saturated rings. The van der Waals surface area contributed by atoms with Crippen molar-refractivity contribution in [1.29, 1.82) is 5.26 Å². The molecule has 0 aliphatic heterocycles. The van der Waals surface area contributed by atoms with Crippen LogP contribution in [0.4, 0.5) is 5.82 Å². The number of hydrazone groups is 1. The van der Waals surface area contributed by atoms with Crippen molar-refractivity contribution in [2.24, 2.45) is 5.10 Å². The summed E-state index contributed by atoms with van der Waals surface area (Å²) in [5, 5.41) is 15.1. The third-order valence-electron chi connectivity index (χ3n) is 3.06. The van der Waals surface area contributed by atoms with Crippen LogP contribution in [0.2, 0.25) is 5.15 Å². The Bertz CT molecular complexity index is 691. The van der Waals surface area contributed by atoms with Gasteiger partial charge in [-0.25, -0.2) is 4.98 Å². The number of aryl methyl sites for hydroxylation is 2. The minimum absolute atomic E-state index is 0.199. The summed E-state index contributed by atoms with van der Waals surface area (Å²) in [5.74, 6) is 0.597. The second-order valence-electron chi connectivity index (χ2n) is 4.75. The van der Waals surface area contributed by atoms with E-state index in [-0.39, 0.29) is 5.15 Å². The van der Waals surface area contributed by atoms with Crippen LogP contribution in [0.1, 0.15) is 22.3 Å². The number of rotatable bonds is 3. The maximum absolute atomic E-state index is 8.99. The fraction of sp³-hybridized carbons (Fsp3) is 0.188. The third-order valence-corrected chi connectivity index (χ3v) is 3.33. The number of nitriles is 1. The van der Waals surface area contributed by atoms with Gasteiger partial charge in [0.2, 0.25) is 0 Å². The average Bonchev–Trinajstić information content (AvgIpc) is 2.46. The topological polar surface area (TPSA) is 52.3 Å². The minimum atomic E-state index is 0.199. The van der Waals surface area contributed by atoms with Crippen molar-refractivity contribution in [2.45, 2.75) is 13.8 Å². The molecule has 1 aromatic heterocycles. The summed E-state index contributed by atoms with van der Waals surface area (Å²) >= 11 is 6.00. The van der Waals surface area contributed by atoms with Crippen LogP contribution >= 0.6 is 11.6 Å². The molecule has 0 saturated heterocycles. The van der Waals surface area contributed by atoms with Crippen LogP contribution in [-0.2, 0) is 0 Å². The van der Waals surface area contributed by atoms with Gasteiger partial charge in [-0.05, 0) is 31.0 Å². The van der Waals surface area contributed by atoms with Gasteiger partial charge in [-0.15, -0.1) is 0 Å². The smallest absolute Gasteiger partial charge is 0.150 e. The summed E-state index contributed by atoms with van der Waals surface area (Å²) in [5.41, 5.74) is 3.39. The van der Waals surface area contributed by atoms with Crippen molar-refractivity contribution in [1.82, 2.24) is 4.98 Å². The van der Waals surface area contributed by atoms with E-state index in [4.69, 9.17) is 16.9 Å². The monoisotopic (exact) mass is 298 g/mol. The highest BCUT2D eigenvalue weighted by Crippen LogP contribution is 2.22. The molecule has 2 rings (SSSR count). The van der Waals surface area contributed by atoms with Gasteiger partial charge in [-0.3, -0.25) is 5.01 Å². The van der Waals surface area contributed by atoms with Gasteiger partial charge in [0.25, 0.3) is 0 Å². The van der Waals surface area contributed by atoms with E-state index < -0.39 is 0 Å². The predicted molar refractivity (Wildman–Crippen MR) is 85.9 cm³/mol. The van der Waals surface area contributed by atoms with E-state index in [1.54, 1.807) is 24.3 Å². The number of benzene rings is 1. The summed E-state index contributed by atoms with van der Waals surface area (Å²) in [4.78, 5) is 4.19. The molecule has 2 aromatic rings. The Hall–Kier alpha value is -2.38. The minimum Gasteiger partial charge on any atom is -0.251 e. The number of halogens is 1. The highest BCUT2D eigenvalue weighted by molar-refractivity contribution is 6.30. The first-order valence-corrected chi connectivity index (χ1v) is 6.80. The lowest BCUT2D eigenvalue weighted by Gasteiger charge is -2.13. The molecule has 4 nitrogen and oxygen atoms in total. The molecule has 0 spiro atoms. The molecule has 21 heavy (non-hydrogen) atoms. The van der Waals surface area contributed by atoms with Crippen molar-refractivity contribution in [3.05, 3.63) is 57.7 Å². The summed E-state index contributed by atoms with van der Waals surface area (Å²) in [6.07, 6.45) is 1.75. The van der Waals surface area contributed by atoms with E-state index in [0.717, 1.165) is 11.1 Å². The molecule has 0 aliphatic rings. The Morgan fingerprint density at radius 1 is 1.29 bits per heavy atom. The fourth-order valence-corrected chi connectivity index (χ4v) is 2.06. The summed E-state index contributed by atoms with van der Waals surface area (Å²) in [6, 6.07) is 11.9. The molecule has 1 heterocycles. The van der Waals surface area contributed by atoms with Crippen molar-refractivity contribution in [3.8, 4) is 6.07 Å². The predicted octanol–water partition coefficient (Wildman–Crippen LogP) is 3.69. The quantitative estimate of drug-likeness (QED) is 0.493. The van der Waals surface area contributed by atoms with Crippen molar-refractivity contribution in [2.75, 3.05) is 12.1 Å². The SMILES string of the molecule is Cc1ccc(/C=N\N(C)c2cc(C)c(C#N)c(Cl)n2)cc1. The number of nitrogens with zero attached hydrogens (tertiary/aromatic N) is 4. The summed E-state index contributed by atoms with van der Waals surface area (Å²) in [7, 11) is 1.79. The molecular weight excluding hydrogens is 284 g/mol. The van der Waals surface area contributed by atoms with Gasteiger partial charge in [0.05, 0.1) is 11.8 Å². The van der Waals surface area contributed by atoms with Gasteiger partial charge >= 0.3 is 0 Å². The maximum atomic E-state index is 8.99. The lowest BCUT2D eigenvalue weighted by Crippen LogP contribution is -2.11. The average molecular weight is 299 g/mol. The van der Waals surface area contributed by atoms with E-state index in [1.165, 1.54) is 5.56 Å². The molecule has 0 amide bonds. The van der Waals surface area contributed by atoms with Crippen molar-refractivity contribution in [3.63, 3.8) is 0 Å². The van der Waals surface area contributed by atoms with Crippen molar-refractivity contribution < 1.29 is 0 Å². The lowest BCUT2D eigenvalue weighted by molar-refractivity contribution is 0.978. The van der Waals surface area contributed by atoms with Gasteiger partial charge in [0, 0.05) is 7.05 Å². The van der Waals surface area contributed by atoms with Crippen LogP contribution in [0.25, 0.3) is 0 Å². The van der Waals surface area contributed by atoms with E-state index in [1.807, 2.05) is 44.2 Å². The van der Waals surface area contributed by atoms with Gasteiger partial charge in [0.1, 0.15) is 11.2 Å². The standard InChI is InChI=1S/C16H15ClN4/c1-11-4-6-13(7-5-11)10-19-21(3)15-8-12(2)14(9-18)16(17)20-15/h4-8,10H,1-3H3/b19-10-. The zero-order valence-corrected chi connectivity index (χ0v) is 12.9. The molecule has 0 N–H and O–H groups in total. The normalized spacial score (nSPS) is 10.6. The Labute approximate surface area is 129 Å². The first-order chi connectivity index (χ1) is 10.0. The highest BCUT2D eigenvalue weighted by Gasteiger charge is 2.09. The zero-order valence-electron chi connectivity index (χ0n) is 12.1. The number of aromatic nitrogens is 1. The van der Waals surface area contributed by atoms with Gasteiger partial charge in [0.15, 0.2) is 5.82 Å². The maximum Gasteiger partial charge on any atom is 0.150 e. The van der Waals surface area contributed by atoms with Crippen molar-refractivity contribution >= 4 is 23.6 Å². The zero-order chi connectivity index (χ0) is 15.4. The Morgan fingerprint density at radius 3 is 2.52 bits per heavy atom. The van der Waals surface area contributed by atoms with Crippen LogP contribution < -0.4 is 5.01 Å². The summed E-state index contributed by atoms with van der Waals surface area (Å²) in [6.45, 7) is 3.87. The van der Waals surface area contributed by atoms with E-state index in [2.05, 4.69) is 10.1 Å². The van der Waals surface area contributed by atoms with E-state index in [9.17, 15) is 0 Å². The molecule has 0 unspecified atom stereocenters. The number of hydrogen-bond acceptors (Lipinski definition) is 4. The number of anilines is 1. The fourth-order valence-electron chi connectivity index (χ4n) is 1.78. The van der Waals surface area contributed by atoms with Gasteiger partial charge in [-0.1, -0.05) is 41.4 Å². The van der Waals surface area contributed by atoms with Gasteiger partial charge in [-0.2, -0.15) is 10.4 Å². The molecule has 5 heteroatoms. The van der Waals surface area contributed by atoms with Crippen LogP contribution in [-0.4, -0.2) is 18.2 Å². The van der Waals surface area contributed by atoms with Crippen LogP contribution in [0.3, 0.4) is 0 Å². The molecule has 106 valence electrons. The van der Waals surface area contributed by atoms with Crippen LogP contribution in [0.5, 0.6) is 0 Å². The highest BCUT2D eigenvalue weighted by atomic mass is 35.5. The Balaban J connectivity index is 2.23. The van der Waals surface area contributed by atoms with E-state index in [0.29, 0.717) is 11.4 Å². The number of pyridine rings is 1. The molecule has 0 radical (unpaired) electrons. The molecule has 0 saturated carbocycles. The largest absolute Gasteiger partial charge is 0.251 e. The van der Waals surface area contributed by atoms with Crippen LogP contribution in [0.15, 0.2) is 35.4 Å². The molecule has 0 aliphatic carbocycles. The van der Waals surface area contributed by atoms with Gasteiger partial charge < -0.3 is 0 Å². The lowest BCUT2D eigenvalue weighted by atomic mass is 10.2. The Morgan fingerprint density at radius 2 is 1.95 bits per heavy atom.